The Hall–Kier alpha value is -5.59. The van der Waals surface area contributed by atoms with Gasteiger partial charge >= 0.3 is 0 Å². The van der Waals surface area contributed by atoms with Crippen molar-refractivity contribution in [3.05, 3.63) is 185 Å². The Bertz CT molecular complexity index is 2150. The average molecular weight is 606 g/mol. The van der Waals surface area contributed by atoms with Gasteiger partial charge in [-0.05, 0) is 84.4 Å². The van der Waals surface area contributed by atoms with Gasteiger partial charge in [0.15, 0.2) is 0 Å². The van der Waals surface area contributed by atoms with Crippen molar-refractivity contribution in [2.24, 2.45) is 0 Å². The number of aromatic nitrogens is 1. The highest BCUT2D eigenvalue weighted by Gasteiger charge is 2.49. The number of benzene rings is 4. The van der Waals surface area contributed by atoms with Crippen LogP contribution in [0.5, 0.6) is 0 Å². The normalized spacial score (nSPS) is 20.1. The molecule has 1 aliphatic heterocycles. The molecule has 3 nitrogen and oxygen atoms in total. The predicted octanol–water partition coefficient (Wildman–Crippen LogP) is 10.4. The summed E-state index contributed by atoms with van der Waals surface area (Å²) in [6.07, 6.45) is 18.6. The molecule has 0 N–H and O–H groups in total. The Morgan fingerprint density at radius 1 is 0.638 bits per heavy atom. The average Bonchev–Trinajstić information content (AvgIpc) is 3.49. The maximum atomic E-state index is 10.5. The lowest BCUT2D eigenvalue weighted by atomic mass is 9.58. The summed E-state index contributed by atoms with van der Waals surface area (Å²) >= 11 is 0. The third-order valence-electron chi connectivity index (χ3n) is 10.6. The maximum absolute atomic E-state index is 10.5. The summed E-state index contributed by atoms with van der Waals surface area (Å²) < 4.78 is 2.36. The lowest BCUT2D eigenvalue weighted by molar-refractivity contribution is 0.339. The van der Waals surface area contributed by atoms with Crippen LogP contribution < -0.4 is 0 Å². The quantitative estimate of drug-likeness (QED) is 0.204. The highest BCUT2D eigenvalue weighted by molar-refractivity contribution is 6.10. The molecule has 0 fully saturated rings. The molecule has 2 heterocycles. The third-order valence-corrected chi connectivity index (χ3v) is 10.6. The second-order valence-corrected chi connectivity index (χ2v) is 13.0. The first-order valence-corrected chi connectivity index (χ1v) is 16.8. The van der Waals surface area contributed by atoms with E-state index < -0.39 is 0 Å². The second kappa shape index (κ2) is 11.0. The van der Waals surface area contributed by atoms with E-state index in [2.05, 4.69) is 161 Å². The van der Waals surface area contributed by atoms with Crippen LogP contribution in [0.25, 0.3) is 27.5 Å². The molecule has 5 aromatic rings. The minimum Gasteiger partial charge on any atom is -0.334 e. The number of hydrogen-bond acceptors (Lipinski definition) is 2. The molecule has 9 rings (SSSR count). The van der Waals surface area contributed by atoms with E-state index in [0.29, 0.717) is 6.42 Å². The Morgan fingerprint density at radius 2 is 1.15 bits per heavy atom. The zero-order chi connectivity index (χ0) is 31.4. The van der Waals surface area contributed by atoms with E-state index in [4.69, 9.17) is 0 Å². The van der Waals surface area contributed by atoms with Crippen molar-refractivity contribution in [1.82, 2.24) is 9.47 Å². The number of para-hydroxylation sites is 2. The molecule has 1 atom stereocenters. The molecular weight excluding hydrogens is 571 g/mol. The maximum Gasteiger partial charge on any atom is 0.0948 e. The van der Waals surface area contributed by atoms with Crippen molar-refractivity contribution >= 4 is 27.5 Å². The van der Waals surface area contributed by atoms with Crippen molar-refractivity contribution in [3.8, 4) is 6.07 Å². The van der Waals surface area contributed by atoms with Crippen LogP contribution in [0, 0.1) is 11.3 Å². The van der Waals surface area contributed by atoms with Crippen LogP contribution in [0.15, 0.2) is 174 Å². The Morgan fingerprint density at radius 3 is 1.68 bits per heavy atom. The van der Waals surface area contributed by atoms with Crippen molar-refractivity contribution in [2.75, 3.05) is 0 Å². The van der Waals surface area contributed by atoms with Gasteiger partial charge < -0.3 is 9.47 Å². The molecule has 0 unspecified atom stereocenters. The minimum atomic E-state index is -0.346. The van der Waals surface area contributed by atoms with E-state index in [1.807, 2.05) is 0 Å². The van der Waals surface area contributed by atoms with E-state index in [1.54, 1.807) is 0 Å². The molecule has 4 aliphatic rings. The predicted molar refractivity (Wildman–Crippen MR) is 192 cm³/mol. The summed E-state index contributed by atoms with van der Waals surface area (Å²) in [7, 11) is 0. The third kappa shape index (κ3) is 4.11. The molecule has 226 valence electrons. The molecule has 3 heteroatoms. The highest BCUT2D eigenvalue weighted by Crippen LogP contribution is 2.57. The molecule has 0 radical (unpaired) electrons. The van der Waals surface area contributed by atoms with Gasteiger partial charge in [-0.15, -0.1) is 0 Å². The number of allylic oxidation sites excluding steroid dienone is 8. The summed E-state index contributed by atoms with van der Waals surface area (Å²) in [5.41, 5.74) is 12.0. The van der Waals surface area contributed by atoms with Crippen LogP contribution >= 0.6 is 0 Å². The molecule has 0 bridgehead atoms. The first kappa shape index (κ1) is 27.7. The summed E-state index contributed by atoms with van der Waals surface area (Å²) in [5.74, 6) is 0. The molecule has 3 aliphatic carbocycles. The molecule has 0 saturated carbocycles. The summed E-state index contributed by atoms with van der Waals surface area (Å²) in [4.78, 5) is 2.58. The van der Waals surface area contributed by atoms with Crippen LogP contribution in [-0.2, 0) is 5.41 Å². The highest BCUT2D eigenvalue weighted by atomic mass is 15.2. The number of nitrogens with zero attached hydrogens (tertiary/aromatic N) is 3. The van der Waals surface area contributed by atoms with Gasteiger partial charge in [0.1, 0.15) is 0 Å². The fraction of sp³-hybridized carbons (Fsp3) is 0.159. The Labute approximate surface area is 276 Å². The number of rotatable bonds is 4. The van der Waals surface area contributed by atoms with Gasteiger partial charge in [0.25, 0.3) is 0 Å². The SMILES string of the molecule is N#CC1=CC(n2c3ccccc3c3ccccc32)=C[C@H](N2C3=C(CCC=C3)C(c3ccccc3)(c3ccccc3)C3=C2C=CCC3)C1. The lowest BCUT2D eigenvalue weighted by Gasteiger charge is -2.52. The van der Waals surface area contributed by atoms with E-state index in [0.717, 1.165) is 48.0 Å². The van der Waals surface area contributed by atoms with Crippen molar-refractivity contribution in [2.45, 2.75) is 43.6 Å². The Balaban J connectivity index is 1.31. The summed E-state index contributed by atoms with van der Waals surface area (Å²) in [6, 6.07) is 42.1. The van der Waals surface area contributed by atoms with E-state index in [-0.39, 0.29) is 11.5 Å². The minimum absolute atomic E-state index is 0.0189. The molecule has 0 saturated heterocycles. The molecule has 4 aromatic carbocycles. The van der Waals surface area contributed by atoms with Crippen LogP contribution in [0.3, 0.4) is 0 Å². The molecule has 1 aromatic heterocycles. The summed E-state index contributed by atoms with van der Waals surface area (Å²) in [5, 5.41) is 12.9. The number of nitriles is 1. The van der Waals surface area contributed by atoms with Gasteiger partial charge in [0, 0.05) is 39.9 Å². The lowest BCUT2D eigenvalue weighted by Crippen LogP contribution is -2.46. The van der Waals surface area contributed by atoms with E-state index in [9.17, 15) is 5.26 Å². The van der Waals surface area contributed by atoms with E-state index >= 15 is 0 Å². The van der Waals surface area contributed by atoms with Gasteiger partial charge in [0.05, 0.1) is 28.6 Å². The number of fused-ring (bicyclic) bond motifs is 3. The molecule has 0 spiro atoms. The van der Waals surface area contributed by atoms with Crippen LogP contribution in [0.2, 0.25) is 0 Å². The first-order valence-electron chi connectivity index (χ1n) is 16.8. The molecular formula is C44H35N3. The van der Waals surface area contributed by atoms with Gasteiger partial charge in [-0.3, -0.25) is 0 Å². The monoisotopic (exact) mass is 605 g/mol. The topological polar surface area (TPSA) is 32.0 Å². The smallest absolute Gasteiger partial charge is 0.0948 e. The van der Waals surface area contributed by atoms with Crippen molar-refractivity contribution in [3.63, 3.8) is 0 Å². The fourth-order valence-electron chi connectivity index (χ4n) is 8.77. The van der Waals surface area contributed by atoms with Crippen LogP contribution in [-0.4, -0.2) is 15.5 Å². The van der Waals surface area contributed by atoms with Crippen molar-refractivity contribution < 1.29 is 0 Å². The standard InChI is InChI=1S/C44H35N3/c45-30-31-27-34(46-40-23-11-7-19-36(40)37-20-8-12-24-41(37)46)29-35(28-31)47-42-25-13-9-21-38(42)44(32-15-3-1-4-16-32,33-17-5-2-6-18-33)39-22-10-14-26-43(39)47/h1-8,11-20,23-27,29,35H,9-10,21-22,28H2/t35-/m1/s1. The van der Waals surface area contributed by atoms with Crippen molar-refractivity contribution in [1.29, 1.82) is 5.26 Å². The Kier molecular flexibility index (Phi) is 6.50. The number of hydrogen-bond donors (Lipinski definition) is 0. The van der Waals surface area contributed by atoms with Gasteiger partial charge in [-0.25, -0.2) is 0 Å². The van der Waals surface area contributed by atoms with Gasteiger partial charge in [-0.1, -0.05) is 109 Å². The second-order valence-electron chi connectivity index (χ2n) is 13.0. The van der Waals surface area contributed by atoms with E-state index in [1.165, 1.54) is 44.4 Å². The summed E-state index contributed by atoms with van der Waals surface area (Å²) in [6.45, 7) is 0. The zero-order valence-electron chi connectivity index (χ0n) is 26.3. The van der Waals surface area contributed by atoms with Gasteiger partial charge in [0.2, 0.25) is 0 Å². The molecule has 0 amide bonds. The largest absolute Gasteiger partial charge is 0.334 e. The molecule has 47 heavy (non-hydrogen) atoms. The van der Waals surface area contributed by atoms with Crippen LogP contribution in [0.4, 0.5) is 0 Å². The van der Waals surface area contributed by atoms with Gasteiger partial charge in [-0.2, -0.15) is 5.26 Å². The first-order chi connectivity index (χ1) is 23.3. The zero-order valence-corrected chi connectivity index (χ0v) is 26.3. The fourth-order valence-corrected chi connectivity index (χ4v) is 8.77. The van der Waals surface area contributed by atoms with Crippen LogP contribution in [0.1, 0.15) is 43.2 Å².